The lowest BCUT2D eigenvalue weighted by Crippen LogP contribution is -2.54. The Morgan fingerprint density at radius 1 is 1.42 bits per heavy atom. The summed E-state index contributed by atoms with van der Waals surface area (Å²) in [6, 6.07) is 1.14. The van der Waals surface area contributed by atoms with Crippen LogP contribution >= 0.6 is 0 Å². The molecule has 19 heavy (non-hydrogen) atoms. The first-order valence-electron chi connectivity index (χ1n) is 5.89. The van der Waals surface area contributed by atoms with E-state index in [-0.39, 0.29) is 11.5 Å². The highest BCUT2D eigenvalue weighted by atomic mass is 32.2. The first kappa shape index (κ1) is 14.2. The molecule has 8 heteroatoms. The number of hydrogen-bond acceptors (Lipinski definition) is 5. The number of aromatic amines is 1. The first-order valence-corrected chi connectivity index (χ1v) is 7.37. The molecule has 2 heterocycles. The van der Waals surface area contributed by atoms with Gasteiger partial charge in [-0.05, 0) is 12.8 Å². The molecule has 0 aliphatic carbocycles. The predicted octanol–water partition coefficient (Wildman–Crippen LogP) is -0.805. The number of aliphatic hydroxyl groups is 1. The highest BCUT2D eigenvalue weighted by Crippen LogP contribution is 2.22. The second-order valence-electron chi connectivity index (χ2n) is 4.53. The van der Waals surface area contributed by atoms with E-state index in [0.717, 1.165) is 12.3 Å². The number of H-pyrrole nitrogens is 1. The number of aliphatic hydroxyl groups excluding tert-OH is 1. The van der Waals surface area contributed by atoms with Crippen molar-refractivity contribution < 1.29 is 18.3 Å². The van der Waals surface area contributed by atoms with Gasteiger partial charge in [-0.2, -0.15) is 0 Å². The van der Waals surface area contributed by atoms with Crippen molar-refractivity contribution in [2.24, 2.45) is 0 Å². The average molecular weight is 288 g/mol. The van der Waals surface area contributed by atoms with Crippen LogP contribution in [0.15, 0.2) is 28.2 Å². The van der Waals surface area contributed by atoms with Gasteiger partial charge in [0.05, 0.1) is 12.1 Å². The van der Waals surface area contributed by atoms with E-state index in [9.17, 15) is 18.3 Å². The molecular formula is C11H16N2O5S. The van der Waals surface area contributed by atoms with Crippen molar-refractivity contribution in [3.63, 3.8) is 0 Å². The van der Waals surface area contributed by atoms with Crippen molar-refractivity contribution in [3.05, 3.63) is 28.7 Å². The number of ether oxygens (including phenoxy) is 1. The maximum absolute atomic E-state index is 12.2. The molecule has 0 amide bonds. The van der Waals surface area contributed by atoms with Gasteiger partial charge in [-0.3, -0.25) is 4.79 Å². The van der Waals surface area contributed by atoms with Crippen LogP contribution in [0.2, 0.25) is 0 Å². The maximum Gasteiger partial charge on any atom is 0.246 e. The van der Waals surface area contributed by atoms with Crippen LogP contribution in [-0.2, 0) is 14.8 Å². The van der Waals surface area contributed by atoms with Gasteiger partial charge >= 0.3 is 0 Å². The minimum absolute atomic E-state index is 0.333. The molecule has 1 aliphatic heterocycles. The molecule has 3 N–H and O–H groups in total. The molecule has 0 bridgehead atoms. The minimum atomic E-state index is -3.97. The van der Waals surface area contributed by atoms with Crippen molar-refractivity contribution in [1.29, 1.82) is 0 Å². The SMILES string of the molecule is O=c1cc[nH]cc1S(=O)(=O)NC1(CO)CCOCC1. The molecule has 0 saturated carbocycles. The molecular weight excluding hydrogens is 272 g/mol. The molecule has 2 rings (SSSR count). The van der Waals surface area contributed by atoms with E-state index in [1.165, 1.54) is 6.20 Å². The smallest absolute Gasteiger partial charge is 0.246 e. The molecule has 0 atom stereocenters. The molecule has 0 unspecified atom stereocenters. The normalized spacial score (nSPS) is 19.2. The van der Waals surface area contributed by atoms with Crippen molar-refractivity contribution in [1.82, 2.24) is 9.71 Å². The molecule has 7 nitrogen and oxygen atoms in total. The number of rotatable bonds is 4. The van der Waals surface area contributed by atoms with Crippen LogP contribution in [0.4, 0.5) is 0 Å². The van der Waals surface area contributed by atoms with Gasteiger partial charge in [-0.15, -0.1) is 0 Å². The Hall–Kier alpha value is -1.22. The molecule has 0 aromatic carbocycles. The van der Waals surface area contributed by atoms with Crippen LogP contribution in [0.3, 0.4) is 0 Å². The summed E-state index contributed by atoms with van der Waals surface area (Å²) >= 11 is 0. The zero-order valence-electron chi connectivity index (χ0n) is 10.3. The van der Waals surface area contributed by atoms with Gasteiger partial charge in [-0.25, -0.2) is 13.1 Å². The predicted molar refractivity (Wildman–Crippen MR) is 67.3 cm³/mol. The molecule has 1 aromatic rings. The molecule has 1 aromatic heterocycles. The summed E-state index contributed by atoms with van der Waals surface area (Å²) in [7, 11) is -3.97. The van der Waals surface area contributed by atoms with E-state index < -0.39 is 21.0 Å². The fourth-order valence-electron chi connectivity index (χ4n) is 2.01. The number of sulfonamides is 1. The van der Waals surface area contributed by atoms with Crippen LogP contribution < -0.4 is 10.2 Å². The summed E-state index contributed by atoms with van der Waals surface area (Å²) in [6.07, 6.45) is 3.23. The van der Waals surface area contributed by atoms with Crippen LogP contribution in [0.1, 0.15) is 12.8 Å². The van der Waals surface area contributed by atoms with Gasteiger partial charge in [0.2, 0.25) is 15.5 Å². The topological polar surface area (TPSA) is 108 Å². The zero-order chi connectivity index (χ0) is 13.9. The molecule has 0 spiro atoms. The fourth-order valence-corrected chi connectivity index (χ4v) is 3.51. The Morgan fingerprint density at radius 2 is 2.11 bits per heavy atom. The summed E-state index contributed by atoms with van der Waals surface area (Å²) in [6.45, 7) is 0.406. The number of hydrogen-bond donors (Lipinski definition) is 3. The first-order chi connectivity index (χ1) is 8.99. The lowest BCUT2D eigenvalue weighted by molar-refractivity contribution is 0.0223. The minimum Gasteiger partial charge on any atom is -0.394 e. The number of aromatic nitrogens is 1. The van der Waals surface area contributed by atoms with Crippen LogP contribution in [0, 0.1) is 0 Å². The van der Waals surface area contributed by atoms with Crippen LogP contribution in [-0.4, -0.2) is 43.9 Å². The summed E-state index contributed by atoms with van der Waals surface area (Å²) in [5.41, 5.74) is -1.55. The summed E-state index contributed by atoms with van der Waals surface area (Å²) < 4.78 is 32.0. The van der Waals surface area contributed by atoms with Crippen molar-refractivity contribution >= 4 is 10.0 Å². The van der Waals surface area contributed by atoms with Gasteiger partial charge in [0.25, 0.3) is 0 Å². The van der Waals surface area contributed by atoms with Gasteiger partial charge in [0.15, 0.2) is 0 Å². The van der Waals surface area contributed by atoms with E-state index in [0.29, 0.717) is 26.1 Å². The van der Waals surface area contributed by atoms with E-state index in [2.05, 4.69) is 9.71 Å². The largest absolute Gasteiger partial charge is 0.394 e. The molecule has 1 saturated heterocycles. The maximum atomic E-state index is 12.2. The van der Waals surface area contributed by atoms with E-state index >= 15 is 0 Å². The summed E-state index contributed by atoms with van der Waals surface area (Å²) in [5.74, 6) is 0. The third-order valence-electron chi connectivity index (χ3n) is 3.18. The zero-order valence-corrected chi connectivity index (χ0v) is 11.1. The molecule has 1 aliphatic rings. The van der Waals surface area contributed by atoms with E-state index in [1.807, 2.05) is 0 Å². The Balaban J connectivity index is 2.31. The van der Waals surface area contributed by atoms with Gasteiger partial charge < -0.3 is 14.8 Å². The third kappa shape index (κ3) is 3.03. The van der Waals surface area contributed by atoms with Crippen LogP contribution in [0.25, 0.3) is 0 Å². The highest BCUT2D eigenvalue weighted by Gasteiger charge is 2.37. The van der Waals surface area contributed by atoms with E-state index in [1.54, 1.807) is 0 Å². The standard InChI is InChI=1S/C11H16N2O5S/c14-8-11(2-5-18-6-3-11)13-19(16,17)10-7-12-4-1-9(10)15/h1,4,7,13-14H,2-3,5-6,8H2,(H,12,15). The summed E-state index contributed by atoms with van der Waals surface area (Å²) in [5, 5.41) is 9.45. The van der Waals surface area contributed by atoms with Gasteiger partial charge in [-0.1, -0.05) is 0 Å². The Kier molecular flexibility index (Phi) is 4.04. The Morgan fingerprint density at radius 3 is 2.68 bits per heavy atom. The highest BCUT2D eigenvalue weighted by molar-refractivity contribution is 7.89. The second-order valence-corrected chi connectivity index (χ2v) is 6.18. The third-order valence-corrected chi connectivity index (χ3v) is 4.78. The molecule has 106 valence electrons. The van der Waals surface area contributed by atoms with Crippen molar-refractivity contribution in [2.45, 2.75) is 23.3 Å². The Bertz CT molecular complexity index is 589. The average Bonchev–Trinajstić information content (AvgIpc) is 2.39. The number of nitrogens with one attached hydrogen (secondary N) is 2. The lowest BCUT2D eigenvalue weighted by Gasteiger charge is -2.35. The van der Waals surface area contributed by atoms with Gasteiger partial charge in [0, 0.05) is 31.7 Å². The van der Waals surface area contributed by atoms with Crippen LogP contribution in [0.5, 0.6) is 0 Å². The molecule has 0 radical (unpaired) electrons. The van der Waals surface area contributed by atoms with E-state index in [4.69, 9.17) is 4.74 Å². The quantitative estimate of drug-likeness (QED) is 0.672. The monoisotopic (exact) mass is 288 g/mol. The second kappa shape index (κ2) is 5.41. The number of pyridine rings is 1. The van der Waals surface area contributed by atoms with Gasteiger partial charge in [0.1, 0.15) is 4.90 Å². The van der Waals surface area contributed by atoms with Crippen molar-refractivity contribution in [3.8, 4) is 0 Å². The van der Waals surface area contributed by atoms with Crippen molar-refractivity contribution in [2.75, 3.05) is 19.8 Å². The fraction of sp³-hybridized carbons (Fsp3) is 0.545. The lowest BCUT2D eigenvalue weighted by atomic mass is 9.93. The Labute approximate surface area is 110 Å². The summed E-state index contributed by atoms with van der Waals surface area (Å²) in [4.78, 5) is 13.8. The molecule has 1 fully saturated rings.